The van der Waals surface area contributed by atoms with Crippen molar-refractivity contribution in [3.05, 3.63) is 77.0 Å². The number of methoxy groups -OCH3 is 1. The van der Waals surface area contributed by atoms with E-state index in [-0.39, 0.29) is 5.91 Å². The van der Waals surface area contributed by atoms with Crippen molar-refractivity contribution in [3.8, 4) is 5.75 Å². The van der Waals surface area contributed by atoms with Crippen molar-refractivity contribution in [2.75, 3.05) is 12.4 Å². The lowest BCUT2D eigenvalue weighted by atomic mass is 9.70. The van der Waals surface area contributed by atoms with E-state index in [2.05, 4.69) is 39.8 Å². The van der Waals surface area contributed by atoms with Gasteiger partial charge in [0.1, 0.15) is 5.75 Å². The highest BCUT2D eigenvalue weighted by Gasteiger charge is 2.32. The third kappa shape index (κ3) is 4.49. The fourth-order valence-corrected chi connectivity index (χ4v) is 3.84. The normalized spacial score (nSPS) is 18.1. The molecule has 0 spiro atoms. The van der Waals surface area contributed by atoms with Gasteiger partial charge in [0.15, 0.2) is 5.82 Å². The molecule has 0 radical (unpaired) electrons. The highest BCUT2D eigenvalue weighted by atomic mass is 16.5. The molecule has 29 heavy (non-hydrogen) atoms. The summed E-state index contributed by atoms with van der Waals surface area (Å²) in [5.74, 6) is 2.27. The lowest BCUT2D eigenvalue weighted by molar-refractivity contribution is -0.115. The Morgan fingerprint density at radius 2 is 1.93 bits per heavy atom. The van der Waals surface area contributed by atoms with E-state index in [1.165, 1.54) is 11.1 Å². The van der Waals surface area contributed by atoms with Gasteiger partial charge in [0.05, 0.1) is 13.5 Å². The maximum Gasteiger partial charge on any atom is 0.229 e. The third-order valence-electron chi connectivity index (χ3n) is 5.62. The summed E-state index contributed by atoms with van der Waals surface area (Å²) < 4.78 is 5.14. The van der Waals surface area contributed by atoms with Gasteiger partial charge in [0, 0.05) is 24.2 Å². The molecule has 1 fully saturated rings. The van der Waals surface area contributed by atoms with Gasteiger partial charge in [0.2, 0.25) is 5.91 Å². The fourth-order valence-electron chi connectivity index (χ4n) is 3.84. The number of aromatic amines is 1. The summed E-state index contributed by atoms with van der Waals surface area (Å²) in [6, 6.07) is 18.0. The van der Waals surface area contributed by atoms with Crippen LogP contribution in [0.4, 0.5) is 5.82 Å². The van der Waals surface area contributed by atoms with Crippen molar-refractivity contribution in [3.63, 3.8) is 0 Å². The van der Waals surface area contributed by atoms with E-state index in [9.17, 15) is 4.79 Å². The molecule has 3 aromatic rings. The van der Waals surface area contributed by atoms with Crippen LogP contribution in [0.25, 0.3) is 0 Å². The van der Waals surface area contributed by atoms with Gasteiger partial charge in [-0.25, -0.2) is 0 Å². The van der Waals surface area contributed by atoms with Crippen molar-refractivity contribution in [2.24, 2.45) is 5.73 Å². The van der Waals surface area contributed by atoms with Gasteiger partial charge in [-0.1, -0.05) is 36.4 Å². The lowest BCUT2D eigenvalue weighted by Gasteiger charge is -2.35. The topological polar surface area (TPSA) is 93.0 Å². The molecule has 0 bridgehead atoms. The number of aromatic nitrogens is 2. The van der Waals surface area contributed by atoms with E-state index in [4.69, 9.17) is 10.5 Å². The molecule has 2 aromatic carbocycles. The number of hydrogen-bond acceptors (Lipinski definition) is 4. The quantitative estimate of drug-likeness (QED) is 0.573. The molecule has 1 aliphatic carbocycles. The average Bonchev–Trinajstić information content (AvgIpc) is 3.15. The summed E-state index contributed by atoms with van der Waals surface area (Å²) in [5.41, 5.74) is 10.3. The van der Waals surface area contributed by atoms with Crippen LogP contribution in [0.15, 0.2) is 54.6 Å². The second-order valence-electron chi connectivity index (χ2n) is 7.60. The first-order valence-corrected chi connectivity index (χ1v) is 9.91. The molecule has 4 rings (SSSR count). The van der Waals surface area contributed by atoms with Crippen molar-refractivity contribution in [1.82, 2.24) is 10.2 Å². The molecule has 0 saturated heterocycles. The highest BCUT2D eigenvalue weighted by Crippen LogP contribution is 2.47. The van der Waals surface area contributed by atoms with Gasteiger partial charge in [0.25, 0.3) is 0 Å². The number of benzene rings is 2. The molecule has 0 atom stereocenters. The van der Waals surface area contributed by atoms with E-state index >= 15 is 0 Å². The minimum Gasteiger partial charge on any atom is -0.497 e. The van der Waals surface area contributed by atoms with Gasteiger partial charge in [-0.2, -0.15) is 5.10 Å². The molecule has 1 amide bonds. The number of amides is 1. The predicted molar refractivity (Wildman–Crippen MR) is 113 cm³/mol. The van der Waals surface area contributed by atoms with E-state index in [1.807, 2.05) is 30.3 Å². The van der Waals surface area contributed by atoms with Crippen LogP contribution in [0.1, 0.15) is 47.1 Å². The van der Waals surface area contributed by atoms with Gasteiger partial charge in [-0.05, 0) is 47.6 Å². The van der Waals surface area contributed by atoms with Gasteiger partial charge < -0.3 is 15.8 Å². The number of nitrogens with zero attached hydrogens (tertiary/aromatic N) is 1. The first kappa shape index (κ1) is 19.2. The standard InChI is InChI=1S/C23H26N4O2/c1-29-20-7-5-15(6-8-20)10-23(28)25-22-13-21(26-27-22)19-11-18(12-19)17-4-2-3-16(9-17)14-24/h2-9,13,18-19H,10-12,14,24H2,1H3,(H2,25,26,27,28). The molecule has 0 unspecified atom stereocenters. The van der Waals surface area contributed by atoms with Gasteiger partial charge in [-0.15, -0.1) is 0 Å². The first-order chi connectivity index (χ1) is 14.1. The molecular weight excluding hydrogens is 364 g/mol. The van der Waals surface area contributed by atoms with Crippen molar-refractivity contribution in [1.29, 1.82) is 0 Å². The molecule has 1 heterocycles. The van der Waals surface area contributed by atoms with E-state index < -0.39 is 0 Å². The maximum atomic E-state index is 12.3. The van der Waals surface area contributed by atoms with Crippen LogP contribution in [-0.4, -0.2) is 23.2 Å². The SMILES string of the molecule is COc1ccc(CC(=O)Nc2cc(C3CC(c4cccc(CN)c4)C3)[nH]n2)cc1. The van der Waals surface area contributed by atoms with Gasteiger partial charge >= 0.3 is 0 Å². The molecule has 1 aromatic heterocycles. The number of ether oxygens (including phenoxy) is 1. The number of carbonyl (C=O) groups excluding carboxylic acids is 1. The molecule has 1 aliphatic rings. The molecule has 150 valence electrons. The van der Waals surface area contributed by atoms with Crippen LogP contribution < -0.4 is 15.8 Å². The Morgan fingerprint density at radius 3 is 2.66 bits per heavy atom. The Kier molecular flexibility index (Phi) is 5.62. The summed E-state index contributed by atoms with van der Waals surface area (Å²) in [5, 5.41) is 10.2. The average molecular weight is 390 g/mol. The van der Waals surface area contributed by atoms with Crippen LogP contribution in [-0.2, 0) is 17.8 Å². The summed E-state index contributed by atoms with van der Waals surface area (Å²) in [7, 11) is 1.62. The molecular formula is C23H26N4O2. The molecule has 6 heteroatoms. The number of rotatable bonds is 7. The van der Waals surface area contributed by atoms with Crippen LogP contribution in [0.3, 0.4) is 0 Å². The summed E-state index contributed by atoms with van der Waals surface area (Å²) in [6.07, 6.45) is 2.46. The molecule has 0 aliphatic heterocycles. The summed E-state index contributed by atoms with van der Waals surface area (Å²) in [6.45, 7) is 0.574. The van der Waals surface area contributed by atoms with Crippen LogP contribution in [0.5, 0.6) is 5.75 Å². The Balaban J connectivity index is 1.30. The van der Waals surface area contributed by atoms with Crippen LogP contribution in [0, 0.1) is 0 Å². The minimum absolute atomic E-state index is 0.0849. The lowest BCUT2D eigenvalue weighted by Crippen LogP contribution is -2.20. The number of carbonyl (C=O) groups is 1. The largest absolute Gasteiger partial charge is 0.497 e. The van der Waals surface area contributed by atoms with Crippen molar-refractivity contribution in [2.45, 2.75) is 37.6 Å². The Hall–Kier alpha value is -3.12. The van der Waals surface area contributed by atoms with Crippen LogP contribution >= 0.6 is 0 Å². The zero-order valence-corrected chi connectivity index (χ0v) is 16.5. The second-order valence-corrected chi connectivity index (χ2v) is 7.60. The smallest absolute Gasteiger partial charge is 0.229 e. The van der Waals surface area contributed by atoms with E-state index in [0.29, 0.717) is 30.6 Å². The van der Waals surface area contributed by atoms with Crippen LogP contribution in [0.2, 0.25) is 0 Å². The number of anilines is 1. The zero-order valence-electron chi connectivity index (χ0n) is 16.5. The fraction of sp³-hybridized carbons (Fsp3) is 0.304. The number of nitrogens with two attached hydrogens (primary N) is 1. The first-order valence-electron chi connectivity index (χ1n) is 9.91. The Morgan fingerprint density at radius 1 is 1.14 bits per heavy atom. The monoisotopic (exact) mass is 390 g/mol. The maximum absolute atomic E-state index is 12.3. The van der Waals surface area contributed by atoms with E-state index in [0.717, 1.165) is 29.8 Å². The van der Waals surface area contributed by atoms with E-state index in [1.54, 1.807) is 7.11 Å². The Bertz CT molecular complexity index is 975. The van der Waals surface area contributed by atoms with Crippen molar-refractivity contribution < 1.29 is 9.53 Å². The molecule has 1 saturated carbocycles. The Labute approximate surface area is 170 Å². The second kappa shape index (κ2) is 8.49. The zero-order chi connectivity index (χ0) is 20.2. The van der Waals surface area contributed by atoms with Gasteiger partial charge in [-0.3, -0.25) is 9.89 Å². The highest BCUT2D eigenvalue weighted by molar-refractivity contribution is 5.91. The third-order valence-corrected chi connectivity index (χ3v) is 5.62. The number of nitrogens with one attached hydrogen (secondary N) is 2. The van der Waals surface area contributed by atoms with Crippen molar-refractivity contribution >= 4 is 11.7 Å². The minimum atomic E-state index is -0.0849. The number of H-pyrrole nitrogens is 1. The number of hydrogen-bond donors (Lipinski definition) is 3. The molecule has 6 nitrogen and oxygen atoms in total. The summed E-state index contributed by atoms with van der Waals surface area (Å²) in [4.78, 5) is 12.3. The molecule has 4 N–H and O–H groups in total. The predicted octanol–water partition coefficient (Wildman–Crippen LogP) is 3.72. The summed E-state index contributed by atoms with van der Waals surface area (Å²) >= 11 is 0.